The zero-order chi connectivity index (χ0) is 17.4. The summed E-state index contributed by atoms with van der Waals surface area (Å²) in [7, 11) is 0. The highest BCUT2D eigenvalue weighted by molar-refractivity contribution is 7.09. The maximum atomic E-state index is 11.4. The Balaban J connectivity index is 1.75. The third-order valence-electron chi connectivity index (χ3n) is 3.44. The molecule has 0 aliphatic rings. The normalized spacial score (nSPS) is 10.5. The number of ether oxygens (including phenoxy) is 1. The Bertz CT molecular complexity index is 706. The van der Waals surface area contributed by atoms with Crippen LogP contribution in [0.1, 0.15) is 36.6 Å². The van der Waals surface area contributed by atoms with Crippen LogP contribution in [0.4, 0.5) is 0 Å². The predicted octanol–water partition coefficient (Wildman–Crippen LogP) is 2.42. The van der Waals surface area contributed by atoms with Gasteiger partial charge in [-0.1, -0.05) is 36.8 Å². The highest BCUT2D eigenvalue weighted by atomic mass is 32.1. The van der Waals surface area contributed by atoms with Crippen LogP contribution < -0.4 is 14.9 Å². The van der Waals surface area contributed by atoms with Gasteiger partial charge in [-0.2, -0.15) is 0 Å². The van der Waals surface area contributed by atoms with Crippen LogP contribution in [0, 0.1) is 0 Å². The molecule has 1 amide bonds. The number of benzene rings is 1. The largest absolute Gasteiger partial charge is 0.494 e. The topological polar surface area (TPSA) is 91.4 Å². The van der Waals surface area contributed by atoms with Crippen LogP contribution in [0.25, 0.3) is 0 Å². The second kappa shape index (κ2) is 9.12. The van der Waals surface area contributed by atoms with Crippen molar-refractivity contribution in [2.75, 3.05) is 13.2 Å². The fourth-order valence-electron chi connectivity index (χ4n) is 2.15. The number of aromatic nitrogens is 1. The highest BCUT2D eigenvalue weighted by Gasteiger charge is 2.07. The maximum Gasteiger partial charge on any atom is 0.307 e. The molecule has 0 saturated heterocycles. The summed E-state index contributed by atoms with van der Waals surface area (Å²) in [5.41, 5.74) is 0.973. The average Bonchev–Trinajstić information content (AvgIpc) is 2.88. The van der Waals surface area contributed by atoms with E-state index in [0.29, 0.717) is 36.6 Å². The Hall–Kier alpha value is -2.28. The Morgan fingerprint density at radius 1 is 1.33 bits per heavy atom. The summed E-state index contributed by atoms with van der Waals surface area (Å²) in [5.74, 6) is 0.707. The van der Waals surface area contributed by atoms with Crippen molar-refractivity contribution in [3.05, 3.63) is 44.4 Å². The van der Waals surface area contributed by atoms with Gasteiger partial charge in [0.1, 0.15) is 12.4 Å². The number of H-pyrrole nitrogens is 1. The van der Waals surface area contributed by atoms with Crippen LogP contribution in [0.2, 0.25) is 0 Å². The smallest absolute Gasteiger partial charge is 0.307 e. The van der Waals surface area contributed by atoms with Gasteiger partial charge in [0.05, 0.1) is 11.4 Å². The van der Waals surface area contributed by atoms with Gasteiger partial charge in [-0.15, -0.1) is 0 Å². The van der Waals surface area contributed by atoms with Gasteiger partial charge in [0.15, 0.2) is 0 Å². The molecule has 130 valence electrons. The zero-order valence-electron chi connectivity index (χ0n) is 13.6. The van der Waals surface area contributed by atoms with E-state index < -0.39 is 0 Å². The number of hydrogen-bond donors (Lipinski definition) is 3. The molecule has 1 aromatic carbocycles. The molecule has 0 aliphatic carbocycles. The van der Waals surface area contributed by atoms with E-state index in [0.717, 1.165) is 29.7 Å². The highest BCUT2D eigenvalue weighted by Crippen LogP contribution is 2.21. The van der Waals surface area contributed by atoms with Crippen LogP contribution in [0.3, 0.4) is 0 Å². The molecule has 2 rings (SSSR count). The molecule has 0 radical (unpaired) electrons. The Morgan fingerprint density at radius 3 is 2.71 bits per heavy atom. The minimum atomic E-state index is -0.261. The summed E-state index contributed by atoms with van der Waals surface area (Å²) in [6.45, 7) is 2.95. The second-order valence-electron chi connectivity index (χ2n) is 5.41. The third kappa shape index (κ3) is 5.73. The summed E-state index contributed by atoms with van der Waals surface area (Å²) in [6.07, 6.45) is 2.96. The number of carbonyl (C=O) groups is 1. The van der Waals surface area contributed by atoms with Gasteiger partial charge in [-0.3, -0.25) is 14.6 Å². The molecule has 7 heteroatoms. The summed E-state index contributed by atoms with van der Waals surface area (Å²) < 4.78 is 5.58. The summed E-state index contributed by atoms with van der Waals surface area (Å²) >= 11 is 1.01. The third-order valence-corrected chi connectivity index (χ3v) is 4.31. The lowest BCUT2D eigenvalue weighted by Gasteiger charge is -2.08. The van der Waals surface area contributed by atoms with Crippen LogP contribution in [0.5, 0.6) is 11.6 Å². The molecular formula is C17H22N2O4S. The quantitative estimate of drug-likeness (QED) is 0.606. The standard InChI is InChI=1S/C17H22N2O4S/c1-2-3-4-15(20)18-9-10-23-13-7-5-12(6-8-13)11-14-16(21)19-17(22)24-14/h5-8,21H,2-4,9-11H2,1H3,(H,18,20)(H,19,22). The number of aromatic amines is 1. The molecule has 0 aliphatic heterocycles. The van der Waals surface area contributed by atoms with Crippen molar-refractivity contribution >= 4 is 17.2 Å². The Morgan fingerprint density at radius 2 is 2.08 bits per heavy atom. The van der Waals surface area contributed by atoms with Gasteiger partial charge in [0.25, 0.3) is 0 Å². The number of carbonyl (C=O) groups excluding carboxylic acids is 1. The number of nitrogens with one attached hydrogen (secondary N) is 2. The first kappa shape index (κ1) is 18.1. The van der Waals surface area contributed by atoms with E-state index in [4.69, 9.17) is 4.74 Å². The molecule has 24 heavy (non-hydrogen) atoms. The van der Waals surface area contributed by atoms with Crippen LogP contribution >= 0.6 is 11.3 Å². The maximum absolute atomic E-state index is 11.4. The van der Waals surface area contributed by atoms with E-state index in [1.165, 1.54) is 0 Å². The molecule has 0 spiro atoms. The first-order chi connectivity index (χ1) is 11.6. The number of aromatic hydroxyl groups is 1. The lowest BCUT2D eigenvalue weighted by Crippen LogP contribution is -2.27. The van der Waals surface area contributed by atoms with E-state index in [-0.39, 0.29) is 16.7 Å². The van der Waals surface area contributed by atoms with Crippen molar-refractivity contribution in [1.29, 1.82) is 0 Å². The van der Waals surface area contributed by atoms with Gasteiger partial charge in [-0.05, 0) is 24.1 Å². The number of unbranched alkanes of at least 4 members (excludes halogenated alkanes) is 1. The van der Waals surface area contributed by atoms with Crippen molar-refractivity contribution in [2.45, 2.75) is 32.6 Å². The SMILES string of the molecule is CCCCC(=O)NCCOc1ccc(Cc2sc(=O)[nH]c2O)cc1. The fourth-order valence-corrected chi connectivity index (χ4v) is 2.90. The van der Waals surface area contributed by atoms with Crippen molar-refractivity contribution in [1.82, 2.24) is 10.3 Å². The summed E-state index contributed by atoms with van der Waals surface area (Å²) in [4.78, 5) is 25.3. The first-order valence-corrected chi connectivity index (χ1v) is 8.79. The number of thiazole rings is 1. The molecular weight excluding hydrogens is 328 g/mol. The minimum absolute atomic E-state index is 0.0566. The van der Waals surface area contributed by atoms with Crippen molar-refractivity contribution in [3.8, 4) is 11.6 Å². The Labute approximate surface area is 144 Å². The number of amides is 1. The zero-order valence-corrected chi connectivity index (χ0v) is 14.4. The van der Waals surface area contributed by atoms with E-state index >= 15 is 0 Å². The van der Waals surface area contributed by atoms with E-state index in [2.05, 4.69) is 17.2 Å². The van der Waals surface area contributed by atoms with Crippen LogP contribution in [-0.4, -0.2) is 29.1 Å². The molecule has 0 saturated carbocycles. The molecule has 1 heterocycles. The van der Waals surface area contributed by atoms with E-state index in [1.807, 2.05) is 24.3 Å². The van der Waals surface area contributed by atoms with Gasteiger partial charge in [0, 0.05) is 12.8 Å². The molecule has 6 nitrogen and oxygen atoms in total. The van der Waals surface area contributed by atoms with Gasteiger partial charge >= 0.3 is 4.87 Å². The molecule has 3 N–H and O–H groups in total. The van der Waals surface area contributed by atoms with Crippen LogP contribution in [0.15, 0.2) is 29.1 Å². The molecule has 1 aromatic heterocycles. The molecule has 2 aromatic rings. The van der Waals surface area contributed by atoms with Crippen molar-refractivity contribution in [2.24, 2.45) is 0 Å². The average molecular weight is 350 g/mol. The van der Waals surface area contributed by atoms with Crippen LogP contribution in [-0.2, 0) is 11.2 Å². The first-order valence-electron chi connectivity index (χ1n) is 7.98. The van der Waals surface area contributed by atoms with E-state index in [9.17, 15) is 14.7 Å². The minimum Gasteiger partial charge on any atom is -0.494 e. The molecule has 0 bridgehead atoms. The van der Waals surface area contributed by atoms with Gasteiger partial charge in [-0.25, -0.2) is 0 Å². The number of hydrogen-bond acceptors (Lipinski definition) is 5. The second-order valence-corrected chi connectivity index (χ2v) is 6.48. The molecule has 0 fully saturated rings. The number of rotatable bonds is 9. The predicted molar refractivity (Wildman–Crippen MR) is 93.9 cm³/mol. The van der Waals surface area contributed by atoms with Crippen molar-refractivity contribution in [3.63, 3.8) is 0 Å². The van der Waals surface area contributed by atoms with Crippen molar-refractivity contribution < 1.29 is 14.6 Å². The lowest BCUT2D eigenvalue weighted by atomic mass is 10.1. The van der Waals surface area contributed by atoms with Gasteiger partial charge < -0.3 is 15.2 Å². The van der Waals surface area contributed by atoms with Gasteiger partial charge in [0.2, 0.25) is 11.8 Å². The summed E-state index contributed by atoms with van der Waals surface area (Å²) in [5, 5.41) is 12.4. The molecule has 0 atom stereocenters. The Kier molecular flexibility index (Phi) is 6.87. The van der Waals surface area contributed by atoms with E-state index in [1.54, 1.807) is 0 Å². The lowest BCUT2D eigenvalue weighted by molar-refractivity contribution is -0.121. The fraction of sp³-hybridized carbons (Fsp3) is 0.412. The summed E-state index contributed by atoms with van der Waals surface area (Å²) in [6, 6.07) is 7.44. The molecule has 0 unspecified atom stereocenters. The monoisotopic (exact) mass is 350 g/mol.